The smallest absolute Gasteiger partial charge is 0.251 e. The van der Waals surface area contributed by atoms with Gasteiger partial charge in [0.25, 0.3) is 5.91 Å². The molecule has 0 aromatic carbocycles. The highest BCUT2D eigenvalue weighted by Crippen LogP contribution is 2.27. The first-order valence-electron chi connectivity index (χ1n) is 7.61. The summed E-state index contributed by atoms with van der Waals surface area (Å²) in [5.41, 5.74) is 5.57. The molecule has 3 rings (SSSR count). The van der Waals surface area contributed by atoms with Gasteiger partial charge in [0.2, 0.25) is 11.0 Å². The first-order chi connectivity index (χ1) is 12.1. The molecule has 134 valence electrons. The zero-order chi connectivity index (χ0) is 17.6. The molecule has 1 atom stereocenters. The van der Waals surface area contributed by atoms with Gasteiger partial charge in [-0.15, -0.1) is 21.5 Å². The number of nitrogens with zero attached hydrogens (tertiary/aromatic N) is 2. The topological polar surface area (TPSA) is 119 Å². The van der Waals surface area contributed by atoms with Crippen molar-refractivity contribution in [2.45, 2.75) is 23.3 Å². The van der Waals surface area contributed by atoms with E-state index in [-0.39, 0.29) is 17.8 Å². The number of nitrogens with two attached hydrogens (primary N) is 1. The molecule has 1 fully saturated rings. The molecule has 2 amide bonds. The van der Waals surface area contributed by atoms with Crippen LogP contribution in [0.2, 0.25) is 0 Å². The highest BCUT2D eigenvalue weighted by atomic mass is 32.2. The number of nitrogens with one attached hydrogen (secondary N) is 2. The monoisotopic (exact) mass is 399 g/mol. The molecule has 1 aliphatic heterocycles. The van der Waals surface area contributed by atoms with Gasteiger partial charge in [-0.05, 0) is 24.3 Å². The molecule has 2 aromatic heterocycles. The number of aromatic nitrogens is 2. The second kappa shape index (κ2) is 8.61. The van der Waals surface area contributed by atoms with Crippen molar-refractivity contribution >= 4 is 56.4 Å². The molecule has 1 saturated heterocycles. The number of hydrogen-bond acceptors (Lipinski definition) is 9. The van der Waals surface area contributed by atoms with Crippen LogP contribution >= 0.6 is 34.4 Å². The van der Waals surface area contributed by atoms with E-state index in [2.05, 4.69) is 20.8 Å². The van der Waals surface area contributed by atoms with Crippen molar-refractivity contribution in [1.82, 2.24) is 10.2 Å². The van der Waals surface area contributed by atoms with E-state index in [4.69, 9.17) is 10.5 Å². The van der Waals surface area contributed by atoms with E-state index in [9.17, 15) is 9.59 Å². The van der Waals surface area contributed by atoms with Gasteiger partial charge in [-0.3, -0.25) is 9.59 Å². The lowest BCUT2D eigenvalue weighted by molar-refractivity contribution is -0.113. The Bertz CT molecular complexity index is 742. The maximum atomic E-state index is 12.0. The Kier molecular flexibility index (Phi) is 6.24. The van der Waals surface area contributed by atoms with Gasteiger partial charge >= 0.3 is 0 Å². The van der Waals surface area contributed by atoms with Crippen LogP contribution in [0.5, 0.6) is 0 Å². The van der Waals surface area contributed by atoms with Crippen molar-refractivity contribution in [2.75, 3.05) is 29.5 Å². The number of rotatable bonds is 8. The quantitative estimate of drug-likeness (QED) is 0.581. The standard InChI is InChI=1S/C14H17N5O3S3/c15-11(21)9-3-5-23-12(9)17-10(20)7-24-14-19-18-13(25-14)16-6-8-2-1-4-22-8/h3,5,8H,1-2,4,6-7H2,(H2,15,21)(H,16,18)(H,17,20)/t8-/m0/s1. The summed E-state index contributed by atoms with van der Waals surface area (Å²) in [6.45, 7) is 1.54. The summed E-state index contributed by atoms with van der Waals surface area (Å²) in [5, 5.41) is 16.9. The fraction of sp³-hybridized carbons (Fsp3) is 0.429. The average molecular weight is 400 g/mol. The summed E-state index contributed by atoms with van der Waals surface area (Å²) in [6, 6.07) is 1.59. The summed E-state index contributed by atoms with van der Waals surface area (Å²) in [6.07, 6.45) is 2.39. The molecule has 4 N–H and O–H groups in total. The molecular formula is C14H17N5O3S3. The molecule has 2 aromatic rings. The summed E-state index contributed by atoms with van der Waals surface area (Å²) >= 11 is 3.95. The van der Waals surface area contributed by atoms with Crippen molar-refractivity contribution in [3.05, 3.63) is 17.0 Å². The van der Waals surface area contributed by atoms with Crippen LogP contribution in [0.1, 0.15) is 23.2 Å². The SMILES string of the molecule is NC(=O)c1ccsc1NC(=O)CSc1nnc(NC[C@@H]2CCCO2)s1. The molecule has 25 heavy (non-hydrogen) atoms. The number of primary amides is 1. The number of carbonyl (C=O) groups excluding carboxylic acids is 2. The van der Waals surface area contributed by atoms with E-state index >= 15 is 0 Å². The predicted molar refractivity (Wildman–Crippen MR) is 99.6 cm³/mol. The molecular weight excluding hydrogens is 382 g/mol. The van der Waals surface area contributed by atoms with E-state index in [1.54, 1.807) is 11.4 Å². The molecule has 0 spiro atoms. The minimum atomic E-state index is -0.560. The van der Waals surface area contributed by atoms with E-state index < -0.39 is 5.91 Å². The normalized spacial score (nSPS) is 16.7. The third-order valence-corrected chi connectivity index (χ3v) is 6.27. The Balaban J connectivity index is 1.44. The average Bonchev–Trinajstić information content (AvgIpc) is 3.32. The predicted octanol–water partition coefficient (Wildman–Crippen LogP) is 2.02. The van der Waals surface area contributed by atoms with Crippen molar-refractivity contribution in [1.29, 1.82) is 0 Å². The minimum Gasteiger partial charge on any atom is -0.376 e. The van der Waals surface area contributed by atoms with Crippen LogP contribution in [0.4, 0.5) is 10.1 Å². The number of hydrogen-bond donors (Lipinski definition) is 3. The van der Waals surface area contributed by atoms with Gasteiger partial charge in [0.15, 0.2) is 4.34 Å². The summed E-state index contributed by atoms with van der Waals surface area (Å²) in [5.74, 6) is -0.606. The number of ether oxygens (including phenoxy) is 1. The van der Waals surface area contributed by atoms with Crippen LogP contribution in [-0.4, -0.2) is 47.0 Å². The lowest BCUT2D eigenvalue weighted by atomic mass is 10.2. The summed E-state index contributed by atoms with van der Waals surface area (Å²) < 4.78 is 6.24. The van der Waals surface area contributed by atoms with Crippen molar-refractivity contribution in [2.24, 2.45) is 5.73 Å². The van der Waals surface area contributed by atoms with Crippen LogP contribution < -0.4 is 16.4 Å². The van der Waals surface area contributed by atoms with Gasteiger partial charge in [0.05, 0.1) is 17.4 Å². The van der Waals surface area contributed by atoms with Crippen LogP contribution in [0.3, 0.4) is 0 Å². The van der Waals surface area contributed by atoms with E-state index in [0.717, 1.165) is 19.4 Å². The van der Waals surface area contributed by atoms with Crippen LogP contribution in [0.15, 0.2) is 15.8 Å². The lowest BCUT2D eigenvalue weighted by Gasteiger charge is -2.08. The third kappa shape index (κ3) is 5.14. The number of thioether (sulfide) groups is 1. The first-order valence-corrected chi connectivity index (χ1v) is 10.3. The largest absolute Gasteiger partial charge is 0.376 e. The summed E-state index contributed by atoms with van der Waals surface area (Å²) in [7, 11) is 0. The number of carbonyl (C=O) groups is 2. The molecule has 0 unspecified atom stereocenters. The lowest BCUT2D eigenvalue weighted by Crippen LogP contribution is -2.18. The fourth-order valence-electron chi connectivity index (χ4n) is 2.24. The Labute approximate surface area is 156 Å². The van der Waals surface area contributed by atoms with Gasteiger partial charge in [-0.25, -0.2) is 0 Å². The minimum absolute atomic E-state index is 0.177. The zero-order valence-corrected chi connectivity index (χ0v) is 15.6. The van der Waals surface area contributed by atoms with Crippen molar-refractivity contribution in [3.63, 3.8) is 0 Å². The molecule has 0 radical (unpaired) electrons. The van der Waals surface area contributed by atoms with Gasteiger partial charge < -0.3 is 21.1 Å². The van der Waals surface area contributed by atoms with Crippen LogP contribution in [-0.2, 0) is 9.53 Å². The highest BCUT2D eigenvalue weighted by molar-refractivity contribution is 8.01. The molecule has 0 aliphatic carbocycles. The Morgan fingerprint density at radius 1 is 1.44 bits per heavy atom. The highest BCUT2D eigenvalue weighted by Gasteiger charge is 2.16. The Morgan fingerprint density at radius 3 is 3.08 bits per heavy atom. The van der Waals surface area contributed by atoms with Crippen molar-refractivity contribution in [3.8, 4) is 0 Å². The molecule has 1 aliphatic rings. The zero-order valence-electron chi connectivity index (χ0n) is 13.2. The van der Waals surface area contributed by atoms with Crippen LogP contribution in [0, 0.1) is 0 Å². The summed E-state index contributed by atoms with van der Waals surface area (Å²) in [4.78, 5) is 23.3. The Morgan fingerprint density at radius 2 is 2.32 bits per heavy atom. The van der Waals surface area contributed by atoms with Crippen LogP contribution in [0.25, 0.3) is 0 Å². The second-order valence-electron chi connectivity index (χ2n) is 5.25. The number of anilines is 2. The van der Waals surface area contributed by atoms with Gasteiger partial charge in [0, 0.05) is 13.2 Å². The first kappa shape index (κ1) is 18.1. The fourth-order valence-corrected chi connectivity index (χ4v) is 4.60. The van der Waals surface area contributed by atoms with E-state index in [1.165, 1.54) is 34.4 Å². The van der Waals surface area contributed by atoms with Gasteiger partial charge in [-0.1, -0.05) is 23.1 Å². The molecule has 8 nitrogen and oxygen atoms in total. The third-order valence-electron chi connectivity index (χ3n) is 3.42. The maximum absolute atomic E-state index is 12.0. The molecule has 11 heteroatoms. The van der Waals surface area contributed by atoms with Gasteiger partial charge in [-0.2, -0.15) is 0 Å². The maximum Gasteiger partial charge on any atom is 0.251 e. The molecule has 0 bridgehead atoms. The molecule has 0 saturated carbocycles. The van der Waals surface area contributed by atoms with E-state index in [0.29, 0.717) is 26.6 Å². The van der Waals surface area contributed by atoms with E-state index in [1.807, 2.05) is 0 Å². The Hall–Kier alpha value is -1.69. The van der Waals surface area contributed by atoms with Gasteiger partial charge in [0.1, 0.15) is 5.00 Å². The number of amides is 2. The van der Waals surface area contributed by atoms with Crippen molar-refractivity contribution < 1.29 is 14.3 Å². The molecule has 3 heterocycles. The second-order valence-corrected chi connectivity index (χ2v) is 8.37. The number of thiophene rings is 1.